The highest BCUT2D eigenvalue weighted by Gasteiger charge is 2.32. The number of nitrogens with zero attached hydrogens (tertiary/aromatic N) is 2. The largest absolute Gasteiger partial charge is 0.492 e. The average molecular weight is 508 g/mol. The lowest BCUT2D eigenvalue weighted by Gasteiger charge is -2.33. The van der Waals surface area contributed by atoms with Crippen LogP contribution < -0.4 is 14.4 Å². The molecule has 0 saturated carbocycles. The molecular weight excluding hydrogens is 473 g/mol. The minimum absolute atomic E-state index is 0.0114. The van der Waals surface area contributed by atoms with Gasteiger partial charge in [-0.25, -0.2) is 12.8 Å². The first-order valence-corrected chi connectivity index (χ1v) is 13.1. The third-order valence-electron chi connectivity index (χ3n) is 5.04. The fraction of sp³-hybridized carbons (Fsp3) is 0.440. The normalized spacial score (nSPS) is 12.5. The van der Waals surface area contributed by atoms with Gasteiger partial charge < -0.3 is 15.0 Å². The van der Waals surface area contributed by atoms with Crippen molar-refractivity contribution in [2.45, 2.75) is 52.7 Å². The summed E-state index contributed by atoms with van der Waals surface area (Å²) in [4.78, 5) is 27.8. The first kappa shape index (κ1) is 28.1. The van der Waals surface area contributed by atoms with Gasteiger partial charge in [0, 0.05) is 12.1 Å². The van der Waals surface area contributed by atoms with Gasteiger partial charge in [0.2, 0.25) is 21.8 Å². The van der Waals surface area contributed by atoms with Gasteiger partial charge in [0.15, 0.2) is 0 Å². The van der Waals surface area contributed by atoms with Crippen LogP contribution in [0.1, 0.15) is 40.2 Å². The maximum absolute atomic E-state index is 13.6. The molecule has 2 aromatic rings. The van der Waals surface area contributed by atoms with Crippen molar-refractivity contribution in [1.29, 1.82) is 0 Å². The van der Waals surface area contributed by atoms with Crippen LogP contribution in [0.25, 0.3) is 0 Å². The van der Waals surface area contributed by atoms with Crippen LogP contribution >= 0.6 is 0 Å². The first-order chi connectivity index (χ1) is 16.2. The molecule has 2 amide bonds. The van der Waals surface area contributed by atoms with Crippen LogP contribution in [0.3, 0.4) is 0 Å². The topological polar surface area (TPSA) is 96.0 Å². The highest BCUT2D eigenvalue weighted by Crippen LogP contribution is 2.30. The number of sulfonamides is 1. The Morgan fingerprint density at radius 1 is 1.09 bits per heavy atom. The number of benzene rings is 2. The molecule has 8 nitrogen and oxygen atoms in total. The Hall–Kier alpha value is -3.14. The number of halogens is 1. The molecule has 0 aliphatic rings. The van der Waals surface area contributed by atoms with Gasteiger partial charge in [0.05, 0.1) is 18.6 Å². The number of ether oxygens (including phenoxy) is 1. The van der Waals surface area contributed by atoms with Gasteiger partial charge in [-0.3, -0.25) is 13.9 Å². The Labute approximate surface area is 207 Å². The van der Waals surface area contributed by atoms with Crippen molar-refractivity contribution in [3.8, 4) is 5.75 Å². The Morgan fingerprint density at radius 2 is 1.69 bits per heavy atom. The lowest BCUT2D eigenvalue weighted by atomic mass is 10.1. The van der Waals surface area contributed by atoms with Gasteiger partial charge in [0.1, 0.15) is 24.2 Å². The smallest absolute Gasteiger partial charge is 0.244 e. The van der Waals surface area contributed by atoms with E-state index in [0.717, 1.165) is 10.6 Å². The molecule has 10 heteroatoms. The lowest BCUT2D eigenvalue weighted by molar-refractivity contribution is -0.140. The predicted octanol–water partition coefficient (Wildman–Crippen LogP) is 3.32. The maximum atomic E-state index is 13.6. The summed E-state index contributed by atoms with van der Waals surface area (Å²) in [5, 5.41) is 2.85. The molecule has 2 rings (SSSR count). The van der Waals surface area contributed by atoms with Crippen LogP contribution in [-0.2, 0) is 26.2 Å². The number of hydrogen-bond acceptors (Lipinski definition) is 5. The maximum Gasteiger partial charge on any atom is 0.244 e. The van der Waals surface area contributed by atoms with Gasteiger partial charge in [0.25, 0.3) is 0 Å². The zero-order chi connectivity index (χ0) is 26.4. The minimum Gasteiger partial charge on any atom is -0.492 e. The number of anilines is 1. The molecule has 0 aliphatic heterocycles. The van der Waals surface area contributed by atoms with Gasteiger partial charge >= 0.3 is 0 Å². The van der Waals surface area contributed by atoms with Crippen molar-refractivity contribution in [1.82, 2.24) is 10.2 Å². The molecule has 192 valence electrons. The van der Waals surface area contributed by atoms with Crippen LogP contribution in [0.2, 0.25) is 0 Å². The van der Waals surface area contributed by atoms with Crippen molar-refractivity contribution in [3.05, 3.63) is 59.9 Å². The molecule has 1 atom stereocenters. The van der Waals surface area contributed by atoms with Crippen molar-refractivity contribution >= 4 is 27.5 Å². The molecule has 0 unspecified atom stereocenters. The standard InChI is InChI=1S/C25H34FN3O5S/c1-7-34-22-11-9-8-10-21(22)29(35(6,32)33)17-23(30)28(16-19-12-14-20(26)15-13-19)18(2)24(31)27-25(3,4)5/h8-15,18H,7,16-17H2,1-6H3,(H,27,31)/t18-/m1/s1. The second kappa shape index (κ2) is 11.5. The third-order valence-corrected chi connectivity index (χ3v) is 6.17. The molecular formula is C25H34FN3O5S. The van der Waals surface area contributed by atoms with Crippen molar-refractivity contribution in [3.63, 3.8) is 0 Å². The first-order valence-electron chi connectivity index (χ1n) is 11.3. The van der Waals surface area contributed by atoms with E-state index in [1.807, 2.05) is 20.8 Å². The number of nitrogens with one attached hydrogen (secondary N) is 1. The summed E-state index contributed by atoms with van der Waals surface area (Å²) in [6, 6.07) is 11.2. The Balaban J connectivity index is 2.44. The second-order valence-electron chi connectivity index (χ2n) is 9.23. The summed E-state index contributed by atoms with van der Waals surface area (Å²) >= 11 is 0. The summed E-state index contributed by atoms with van der Waals surface area (Å²) in [7, 11) is -3.88. The van der Waals surface area contributed by atoms with E-state index >= 15 is 0 Å². The Morgan fingerprint density at radius 3 is 2.23 bits per heavy atom. The highest BCUT2D eigenvalue weighted by molar-refractivity contribution is 7.92. The number of carbonyl (C=O) groups excluding carboxylic acids is 2. The molecule has 0 fully saturated rings. The molecule has 0 spiro atoms. The fourth-order valence-corrected chi connectivity index (χ4v) is 4.23. The number of carbonyl (C=O) groups is 2. The van der Waals surface area contributed by atoms with Crippen molar-refractivity contribution in [2.75, 3.05) is 23.7 Å². The molecule has 35 heavy (non-hydrogen) atoms. The van der Waals surface area contributed by atoms with Crippen molar-refractivity contribution < 1.29 is 27.1 Å². The minimum atomic E-state index is -3.88. The average Bonchev–Trinajstić information content (AvgIpc) is 2.75. The SMILES string of the molecule is CCOc1ccccc1N(CC(=O)N(Cc1ccc(F)cc1)[C@H](C)C(=O)NC(C)(C)C)S(C)(=O)=O. The van der Waals surface area contributed by atoms with Crippen molar-refractivity contribution in [2.24, 2.45) is 0 Å². The zero-order valence-electron chi connectivity index (χ0n) is 21.0. The summed E-state index contributed by atoms with van der Waals surface area (Å²) in [6.45, 7) is 8.55. The van der Waals surface area contributed by atoms with E-state index in [1.165, 1.54) is 29.2 Å². The molecule has 0 heterocycles. The quantitative estimate of drug-likeness (QED) is 0.532. The van der Waals surface area contributed by atoms with E-state index in [9.17, 15) is 22.4 Å². The Kier molecular flexibility index (Phi) is 9.25. The second-order valence-corrected chi connectivity index (χ2v) is 11.1. The van der Waals surface area contributed by atoms with Crippen LogP contribution in [0.15, 0.2) is 48.5 Å². The van der Waals surface area contributed by atoms with Gasteiger partial charge in [-0.1, -0.05) is 24.3 Å². The van der Waals surface area contributed by atoms with E-state index < -0.39 is 45.8 Å². The van der Waals surface area contributed by atoms with Crippen LogP contribution in [0.5, 0.6) is 5.75 Å². The van der Waals surface area contributed by atoms with Gasteiger partial charge in [-0.05, 0) is 64.4 Å². The summed E-state index contributed by atoms with van der Waals surface area (Å²) in [6.07, 6.45) is 1.00. The summed E-state index contributed by atoms with van der Waals surface area (Å²) in [5.41, 5.74) is 0.278. The monoisotopic (exact) mass is 507 g/mol. The molecule has 2 aromatic carbocycles. The Bertz CT molecular complexity index is 1130. The van der Waals surface area contributed by atoms with E-state index in [0.29, 0.717) is 17.9 Å². The lowest BCUT2D eigenvalue weighted by Crippen LogP contribution is -2.54. The van der Waals surface area contributed by atoms with Gasteiger partial charge in [-0.2, -0.15) is 0 Å². The molecule has 0 radical (unpaired) electrons. The van der Waals surface area contributed by atoms with Gasteiger partial charge in [-0.15, -0.1) is 0 Å². The van der Waals surface area contributed by atoms with E-state index in [2.05, 4.69) is 5.32 Å². The zero-order valence-corrected chi connectivity index (χ0v) is 21.9. The number of amides is 2. The van der Waals surface area contributed by atoms with E-state index in [-0.39, 0.29) is 12.2 Å². The van der Waals surface area contributed by atoms with Crippen LogP contribution in [-0.4, -0.2) is 56.1 Å². The highest BCUT2D eigenvalue weighted by atomic mass is 32.2. The summed E-state index contributed by atoms with van der Waals surface area (Å²) < 4.78 is 45.4. The van der Waals surface area contributed by atoms with Crippen LogP contribution in [0.4, 0.5) is 10.1 Å². The third kappa shape index (κ3) is 8.24. The molecule has 0 aromatic heterocycles. The van der Waals surface area contributed by atoms with Crippen LogP contribution in [0, 0.1) is 5.82 Å². The predicted molar refractivity (Wildman–Crippen MR) is 134 cm³/mol. The summed E-state index contributed by atoms with van der Waals surface area (Å²) in [5.74, 6) is -1.10. The molecule has 1 N–H and O–H groups in total. The molecule has 0 bridgehead atoms. The number of para-hydroxylation sites is 2. The molecule has 0 aliphatic carbocycles. The van der Waals surface area contributed by atoms with E-state index in [4.69, 9.17) is 4.74 Å². The number of hydrogen-bond donors (Lipinski definition) is 1. The fourth-order valence-electron chi connectivity index (χ4n) is 3.38. The van der Waals surface area contributed by atoms with E-state index in [1.54, 1.807) is 38.1 Å². The number of rotatable bonds is 10. The molecule has 0 saturated heterocycles.